The molecule has 3 aromatic rings. The average Bonchev–Trinajstić information content (AvgIpc) is 2.94. The zero-order valence-electron chi connectivity index (χ0n) is 21.9. The number of aromatic nitrogens is 3. The maximum absolute atomic E-state index is 12.5. The Bertz CT molecular complexity index is 1240. The highest BCUT2D eigenvalue weighted by Crippen LogP contribution is 2.17. The molecule has 8 heteroatoms. The quantitative estimate of drug-likeness (QED) is 0.440. The Morgan fingerprint density at radius 2 is 1.76 bits per heavy atom. The number of pyridine rings is 1. The summed E-state index contributed by atoms with van der Waals surface area (Å²) in [7, 11) is 0. The average molecular weight is 499 g/mol. The van der Waals surface area contributed by atoms with E-state index in [0.717, 1.165) is 55.4 Å². The minimum Gasteiger partial charge on any atom is -0.492 e. The van der Waals surface area contributed by atoms with Crippen molar-refractivity contribution in [3.63, 3.8) is 0 Å². The minimum atomic E-state index is -0.0751. The van der Waals surface area contributed by atoms with Gasteiger partial charge >= 0.3 is 0 Å². The van der Waals surface area contributed by atoms with Gasteiger partial charge in [-0.3, -0.25) is 14.7 Å². The Kier molecular flexibility index (Phi) is 9.06. The monoisotopic (exact) mass is 498 g/mol. The van der Waals surface area contributed by atoms with Gasteiger partial charge in [0.15, 0.2) is 11.5 Å². The van der Waals surface area contributed by atoms with E-state index in [-0.39, 0.29) is 5.91 Å². The van der Waals surface area contributed by atoms with Crippen LogP contribution < -0.4 is 9.64 Å². The third-order valence-electron chi connectivity index (χ3n) is 6.39. The zero-order chi connectivity index (χ0) is 26.0. The number of benzene rings is 1. The first-order chi connectivity index (χ1) is 18.1. The van der Waals surface area contributed by atoms with Crippen molar-refractivity contribution in [2.45, 2.75) is 27.3 Å². The number of carbonyl (C=O) groups is 1. The van der Waals surface area contributed by atoms with Gasteiger partial charge < -0.3 is 14.5 Å². The molecule has 37 heavy (non-hydrogen) atoms. The van der Waals surface area contributed by atoms with Gasteiger partial charge in [0.05, 0.1) is 12.8 Å². The number of ether oxygens (including phenoxy) is 1. The fourth-order valence-corrected chi connectivity index (χ4v) is 4.31. The fraction of sp³-hybridized carbons (Fsp3) is 0.379. The topological polar surface area (TPSA) is 74.7 Å². The summed E-state index contributed by atoms with van der Waals surface area (Å²) in [5.74, 6) is 8.02. The van der Waals surface area contributed by atoms with Crippen LogP contribution in [0.4, 0.5) is 5.82 Å². The SMILES string of the molecule is CCOc1cncc(C#Cc2ccccc2CN2CCN(c3ccc(C(=O)N(CC)CC)nn3)CC2)c1. The van der Waals surface area contributed by atoms with Gasteiger partial charge in [-0.2, -0.15) is 0 Å². The number of piperazine rings is 1. The normalized spacial score (nSPS) is 13.5. The first kappa shape index (κ1) is 26.1. The highest BCUT2D eigenvalue weighted by molar-refractivity contribution is 5.92. The molecule has 3 heterocycles. The summed E-state index contributed by atoms with van der Waals surface area (Å²) in [6.45, 7) is 12.1. The van der Waals surface area contributed by atoms with Crippen LogP contribution in [0, 0.1) is 11.8 Å². The van der Waals surface area contributed by atoms with Crippen LogP contribution in [0.25, 0.3) is 0 Å². The van der Waals surface area contributed by atoms with Gasteiger partial charge in [-0.15, -0.1) is 10.2 Å². The van der Waals surface area contributed by atoms with E-state index in [2.05, 4.69) is 55.0 Å². The van der Waals surface area contributed by atoms with Crippen molar-refractivity contribution >= 4 is 11.7 Å². The van der Waals surface area contributed by atoms with Crippen LogP contribution in [0.5, 0.6) is 5.75 Å². The first-order valence-corrected chi connectivity index (χ1v) is 12.9. The zero-order valence-corrected chi connectivity index (χ0v) is 21.9. The lowest BCUT2D eigenvalue weighted by atomic mass is 10.1. The Balaban J connectivity index is 1.36. The van der Waals surface area contributed by atoms with Crippen molar-refractivity contribution in [1.82, 2.24) is 25.0 Å². The van der Waals surface area contributed by atoms with E-state index < -0.39 is 0 Å². The molecule has 4 rings (SSSR count). The van der Waals surface area contributed by atoms with E-state index in [1.807, 2.05) is 39.0 Å². The summed E-state index contributed by atoms with van der Waals surface area (Å²) in [4.78, 5) is 23.1. The lowest BCUT2D eigenvalue weighted by molar-refractivity contribution is 0.0766. The molecule has 1 saturated heterocycles. The van der Waals surface area contributed by atoms with Gasteiger partial charge in [0.25, 0.3) is 5.91 Å². The van der Waals surface area contributed by atoms with Gasteiger partial charge in [-0.05, 0) is 50.6 Å². The molecule has 0 aliphatic carbocycles. The molecule has 1 aliphatic rings. The summed E-state index contributed by atoms with van der Waals surface area (Å²) >= 11 is 0. The second-order valence-corrected chi connectivity index (χ2v) is 8.77. The molecule has 0 unspecified atom stereocenters. The number of carbonyl (C=O) groups excluding carboxylic acids is 1. The number of rotatable bonds is 8. The van der Waals surface area contributed by atoms with E-state index in [9.17, 15) is 4.79 Å². The van der Waals surface area contributed by atoms with Gasteiger partial charge in [0.2, 0.25) is 0 Å². The summed E-state index contributed by atoms with van der Waals surface area (Å²) in [6.07, 6.45) is 3.46. The summed E-state index contributed by atoms with van der Waals surface area (Å²) < 4.78 is 5.53. The van der Waals surface area contributed by atoms with Crippen LogP contribution in [-0.4, -0.2) is 76.8 Å². The van der Waals surface area contributed by atoms with Crippen LogP contribution in [0.1, 0.15) is 48.0 Å². The molecule has 0 spiro atoms. The van der Waals surface area contributed by atoms with Crippen molar-refractivity contribution in [3.05, 3.63) is 77.2 Å². The first-order valence-electron chi connectivity index (χ1n) is 12.9. The van der Waals surface area contributed by atoms with Crippen LogP contribution in [0.15, 0.2) is 54.9 Å². The molecule has 0 saturated carbocycles. The number of anilines is 1. The molecule has 0 bridgehead atoms. The molecule has 0 N–H and O–H groups in total. The Morgan fingerprint density at radius 1 is 0.973 bits per heavy atom. The van der Waals surface area contributed by atoms with Crippen molar-refractivity contribution in [3.8, 4) is 17.6 Å². The van der Waals surface area contributed by atoms with Crippen molar-refractivity contribution in [1.29, 1.82) is 0 Å². The van der Waals surface area contributed by atoms with Gasteiger partial charge in [-0.25, -0.2) is 0 Å². The van der Waals surface area contributed by atoms with Gasteiger partial charge in [0.1, 0.15) is 5.75 Å². The number of nitrogens with zero attached hydrogens (tertiary/aromatic N) is 6. The molecule has 1 aliphatic heterocycles. The predicted molar refractivity (Wildman–Crippen MR) is 145 cm³/mol. The molecule has 1 aromatic carbocycles. The highest BCUT2D eigenvalue weighted by Gasteiger charge is 2.20. The molecule has 192 valence electrons. The third kappa shape index (κ3) is 6.83. The molecule has 0 atom stereocenters. The fourth-order valence-electron chi connectivity index (χ4n) is 4.31. The second-order valence-electron chi connectivity index (χ2n) is 8.77. The summed E-state index contributed by atoms with van der Waals surface area (Å²) in [5, 5.41) is 8.55. The van der Waals surface area contributed by atoms with E-state index in [0.29, 0.717) is 25.4 Å². The Morgan fingerprint density at radius 3 is 2.46 bits per heavy atom. The molecule has 2 aromatic heterocycles. The van der Waals surface area contributed by atoms with Crippen LogP contribution in [-0.2, 0) is 6.54 Å². The molecule has 8 nitrogen and oxygen atoms in total. The van der Waals surface area contributed by atoms with E-state index in [4.69, 9.17) is 4.74 Å². The van der Waals surface area contributed by atoms with Crippen LogP contribution >= 0.6 is 0 Å². The van der Waals surface area contributed by atoms with Gasteiger partial charge in [0, 0.05) is 63.1 Å². The van der Waals surface area contributed by atoms with E-state index in [1.54, 1.807) is 23.4 Å². The second kappa shape index (κ2) is 12.8. The molecule has 0 radical (unpaired) electrons. The van der Waals surface area contributed by atoms with E-state index >= 15 is 0 Å². The summed E-state index contributed by atoms with van der Waals surface area (Å²) in [6, 6.07) is 13.9. The number of hydrogen-bond donors (Lipinski definition) is 0. The Labute approximate surface area is 219 Å². The standard InChI is InChI=1S/C29H34N6O2/c1-4-34(5-2)29(36)27-13-14-28(32-31-27)35-17-15-33(16-18-35)22-25-10-8-7-9-24(25)12-11-23-19-26(37-6-3)21-30-20-23/h7-10,13-14,19-21H,4-6,15-18,22H2,1-3H3. The maximum atomic E-state index is 12.5. The van der Waals surface area contributed by atoms with Crippen LogP contribution in [0.2, 0.25) is 0 Å². The molecule has 1 amide bonds. The predicted octanol–water partition coefficient (Wildman–Crippen LogP) is 3.47. The van der Waals surface area contributed by atoms with E-state index in [1.165, 1.54) is 5.56 Å². The van der Waals surface area contributed by atoms with Crippen molar-refractivity contribution in [2.24, 2.45) is 0 Å². The van der Waals surface area contributed by atoms with Crippen molar-refractivity contribution < 1.29 is 9.53 Å². The largest absolute Gasteiger partial charge is 0.492 e. The lowest BCUT2D eigenvalue weighted by Crippen LogP contribution is -2.46. The molecule has 1 fully saturated rings. The third-order valence-corrected chi connectivity index (χ3v) is 6.39. The highest BCUT2D eigenvalue weighted by atomic mass is 16.5. The molecular weight excluding hydrogens is 464 g/mol. The molecular formula is C29H34N6O2. The number of amides is 1. The lowest BCUT2D eigenvalue weighted by Gasteiger charge is -2.35. The maximum Gasteiger partial charge on any atom is 0.274 e. The smallest absolute Gasteiger partial charge is 0.274 e. The Hall–Kier alpha value is -3.96. The minimum absolute atomic E-state index is 0.0751. The van der Waals surface area contributed by atoms with Crippen molar-refractivity contribution in [2.75, 3.05) is 50.8 Å². The van der Waals surface area contributed by atoms with Crippen LogP contribution in [0.3, 0.4) is 0 Å². The number of hydrogen-bond acceptors (Lipinski definition) is 7. The summed E-state index contributed by atoms with van der Waals surface area (Å²) in [5.41, 5.74) is 3.45. The van der Waals surface area contributed by atoms with Gasteiger partial charge in [-0.1, -0.05) is 30.0 Å².